The quantitative estimate of drug-likeness (QED) is 0.828. The average molecular weight is 334 g/mol. The number of anilines is 1. The van der Waals surface area contributed by atoms with Gasteiger partial charge in [-0.15, -0.1) is 5.10 Å². The van der Waals surface area contributed by atoms with Crippen molar-refractivity contribution in [3.63, 3.8) is 0 Å². The standard InChI is InChI=1S/C16H18ClN3O.C2H6/c1-12-5-6-16(19-18-12)20-9-7-14(8-10-20)21-15-4-2-3-13(17)11-15;1-2/h2-6,11,14H,7-10H2,1H3;1-2H3. The lowest BCUT2D eigenvalue weighted by molar-refractivity contribution is 0.170. The average Bonchev–Trinajstić information content (AvgIpc) is 2.58. The maximum atomic E-state index is 5.99. The molecule has 1 aliphatic heterocycles. The molecule has 0 radical (unpaired) electrons. The first-order valence-electron chi connectivity index (χ1n) is 8.18. The predicted molar refractivity (Wildman–Crippen MR) is 95.4 cm³/mol. The highest BCUT2D eigenvalue weighted by atomic mass is 35.5. The number of ether oxygens (including phenoxy) is 1. The molecule has 0 amide bonds. The van der Waals surface area contributed by atoms with Crippen LogP contribution in [0.3, 0.4) is 0 Å². The second-order valence-electron chi connectivity index (χ2n) is 5.29. The van der Waals surface area contributed by atoms with Gasteiger partial charge in [-0.25, -0.2) is 0 Å². The summed E-state index contributed by atoms with van der Waals surface area (Å²) in [7, 11) is 0. The van der Waals surface area contributed by atoms with Crippen LogP contribution in [0.4, 0.5) is 5.82 Å². The van der Waals surface area contributed by atoms with E-state index in [0.29, 0.717) is 5.02 Å². The maximum Gasteiger partial charge on any atom is 0.151 e. The zero-order valence-electron chi connectivity index (χ0n) is 14.0. The van der Waals surface area contributed by atoms with Crippen molar-refractivity contribution in [3.05, 3.63) is 47.1 Å². The predicted octanol–water partition coefficient (Wildman–Crippen LogP) is 4.51. The van der Waals surface area contributed by atoms with Crippen LogP contribution in [-0.2, 0) is 0 Å². The number of aryl methyl sites for hydroxylation is 1. The lowest BCUT2D eigenvalue weighted by Gasteiger charge is -2.32. The third-order valence-corrected chi connectivity index (χ3v) is 3.88. The summed E-state index contributed by atoms with van der Waals surface area (Å²) in [5.74, 6) is 1.79. The molecule has 0 bridgehead atoms. The first-order valence-corrected chi connectivity index (χ1v) is 8.56. The molecule has 0 N–H and O–H groups in total. The van der Waals surface area contributed by atoms with Crippen LogP contribution < -0.4 is 9.64 Å². The highest BCUT2D eigenvalue weighted by molar-refractivity contribution is 6.30. The van der Waals surface area contributed by atoms with Crippen molar-refractivity contribution in [2.75, 3.05) is 18.0 Å². The topological polar surface area (TPSA) is 38.2 Å². The van der Waals surface area contributed by atoms with Gasteiger partial charge in [-0.05, 0) is 37.3 Å². The van der Waals surface area contributed by atoms with E-state index in [4.69, 9.17) is 16.3 Å². The van der Waals surface area contributed by atoms with Crippen LogP contribution in [-0.4, -0.2) is 29.4 Å². The van der Waals surface area contributed by atoms with E-state index in [9.17, 15) is 0 Å². The minimum absolute atomic E-state index is 0.234. The van der Waals surface area contributed by atoms with Crippen LogP contribution in [0.2, 0.25) is 5.02 Å². The fraction of sp³-hybridized carbons (Fsp3) is 0.444. The Kier molecular flexibility index (Phi) is 6.66. The Labute approximate surface area is 143 Å². The lowest BCUT2D eigenvalue weighted by Crippen LogP contribution is -2.38. The molecule has 5 heteroatoms. The van der Waals surface area contributed by atoms with Gasteiger partial charge >= 0.3 is 0 Å². The van der Waals surface area contributed by atoms with E-state index in [0.717, 1.165) is 43.2 Å². The molecule has 1 fully saturated rings. The van der Waals surface area contributed by atoms with Gasteiger partial charge in [0.05, 0.1) is 5.69 Å². The number of nitrogens with zero attached hydrogens (tertiary/aromatic N) is 3. The van der Waals surface area contributed by atoms with Crippen LogP contribution in [0.1, 0.15) is 32.4 Å². The molecule has 1 aromatic carbocycles. The van der Waals surface area contributed by atoms with E-state index in [1.54, 1.807) is 0 Å². The zero-order chi connectivity index (χ0) is 16.7. The van der Waals surface area contributed by atoms with Gasteiger partial charge in [0.1, 0.15) is 11.9 Å². The van der Waals surface area contributed by atoms with Gasteiger partial charge in [-0.3, -0.25) is 0 Å². The first-order chi connectivity index (χ1) is 11.2. The molecule has 0 atom stereocenters. The Bertz CT molecular complexity index is 595. The highest BCUT2D eigenvalue weighted by Crippen LogP contribution is 2.23. The van der Waals surface area contributed by atoms with Gasteiger partial charge in [0.15, 0.2) is 5.82 Å². The van der Waals surface area contributed by atoms with Crippen LogP contribution in [0.5, 0.6) is 5.75 Å². The zero-order valence-corrected chi connectivity index (χ0v) is 14.8. The summed E-state index contributed by atoms with van der Waals surface area (Å²) in [6.07, 6.45) is 2.18. The van der Waals surface area contributed by atoms with E-state index >= 15 is 0 Å². The van der Waals surface area contributed by atoms with E-state index in [1.807, 2.05) is 57.2 Å². The Morgan fingerprint density at radius 2 is 1.83 bits per heavy atom. The van der Waals surface area contributed by atoms with Crippen LogP contribution >= 0.6 is 11.6 Å². The van der Waals surface area contributed by atoms with Crippen molar-refractivity contribution in [2.45, 2.75) is 39.7 Å². The Balaban J connectivity index is 0.000000924. The largest absolute Gasteiger partial charge is 0.490 e. The molecule has 0 aliphatic carbocycles. The Morgan fingerprint density at radius 1 is 1.09 bits per heavy atom. The van der Waals surface area contributed by atoms with Crippen molar-refractivity contribution < 1.29 is 4.74 Å². The molecular weight excluding hydrogens is 310 g/mol. The Morgan fingerprint density at radius 3 is 2.43 bits per heavy atom. The fourth-order valence-corrected chi connectivity index (χ4v) is 2.68. The third kappa shape index (κ3) is 5.10. The van der Waals surface area contributed by atoms with Gasteiger partial charge in [0, 0.05) is 31.0 Å². The van der Waals surface area contributed by atoms with E-state index in [-0.39, 0.29) is 6.10 Å². The molecule has 2 aromatic rings. The van der Waals surface area contributed by atoms with Gasteiger partial charge in [0.2, 0.25) is 0 Å². The number of rotatable bonds is 3. The fourth-order valence-electron chi connectivity index (χ4n) is 2.50. The molecule has 0 spiro atoms. The van der Waals surface area contributed by atoms with Gasteiger partial charge in [0.25, 0.3) is 0 Å². The Hall–Kier alpha value is -1.81. The lowest BCUT2D eigenvalue weighted by atomic mass is 10.1. The second kappa shape index (κ2) is 8.73. The molecule has 1 aliphatic rings. The summed E-state index contributed by atoms with van der Waals surface area (Å²) in [6.45, 7) is 7.81. The number of benzene rings is 1. The highest BCUT2D eigenvalue weighted by Gasteiger charge is 2.21. The summed E-state index contributed by atoms with van der Waals surface area (Å²) < 4.78 is 5.99. The molecule has 1 aromatic heterocycles. The molecule has 2 heterocycles. The molecule has 124 valence electrons. The number of aromatic nitrogens is 2. The minimum Gasteiger partial charge on any atom is -0.490 e. The monoisotopic (exact) mass is 333 g/mol. The van der Waals surface area contributed by atoms with Crippen molar-refractivity contribution in [1.82, 2.24) is 10.2 Å². The summed E-state index contributed by atoms with van der Waals surface area (Å²) in [5.41, 5.74) is 0.943. The smallest absolute Gasteiger partial charge is 0.151 e. The van der Waals surface area contributed by atoms with Crippen molar-refractivity contribution in [3.8, 4) is 5.75 Å². The third-order valence-electron chi connectivity index (χ3n) is 3.65. The van der Waals surface area contributed by atoms with Crippen LogP contribution in [0, 0.1) is 6.92 Å². The molecular formula is C18H24ClN3O. The molecule has 0 saturated carbocycles. The molecule has 3 rings (SSSR count). The van der Waals surface area contributed by atoms with Gasteiger partial charge in [-0.1, -0.05) is 31.5 Å². The number of halogens is 1. The van der Waals surface area contributed by atoms with E-state index in [1.165, 1.54) is 0 Å². The van der Waals surface area contributed by atoms with Crippen LogP contribution in [0.25, 0.3) is 0 Å². The summed E-state index contributed by atoms with van der Waals surface area (Å²) in [5, 5.41) is 9.06. The van der Waals surface area contributed by atoms with Crippen molar-refractivity contribution in [1.29, 1.82) is 0 Å². The van der Waals surface area contributed by atoms with Gasteiger partial charge in [-0.2, -0.15) is 5.10 Å². The van der Waals surface area contributed by atoms with Gasteiger partial charge < -0.3 is 9.64 Å². The number of piperidine rings is 1. The number of hydrogen-bond donors (Lipinski definition) is 0. The molecule has 1 saturated heterocycles. The minimum atomic E-state index is 0.234. The summed E-state index contributed by atoms with van der Waals surface area (Å²) in [6, 6.07) is 11.6. The SMILES string of the molecule is CC.Cc1ccc(N2CCC(Oc3cccc(Cl)c3)CC2)nn1. The maximum absolute atomic E-state index is 5.99. The molecule has 0 unspecified atom stereocenters. The van der Waals surface area contributed by atoms with E-state index in [2.05, 4.69) is 15.1 Å². The van der Waals surface area contributed by atoms with Crippen molar-refractivity contribution in [2.24, 2.45) is 0 Å². The molecule has 23 heavy (non-hydrogen) atoms. The van der Waals surface area contributed by atoms with Crippen LogP contribution in [0.15, 0.2) is 36.4 Å². The van der Waals surface area contributed by atoms with Crippen molar-refractivity contribution >= 4 is 17.4 Å². The van der Waals surface area contributed by atoms with E-state index < -0.39 is 0 Å². The second-order valence-corrected chi connectivity index (χ2v) is 5.73. The summed E-state index contributed by atoms with van der Waals surface area (Å²) >= 11 is 5.98. The number of hydrogen-bond acceptors (Lipinski definition) is 4. The summed E-state index contributed by atoms with van der Waals surface area (Å²) in [4.78, 5) is 2.25. The normalized spacial score (nSPS) is 14.9. The molecule has 4 nitrogen and oxygen atoms in total. The first kappa shape index (κ1) is 17.5.